The van der Waals surface area contributed by atoms with Crippen molar-refractivity contribution in [2.24, 2.45) is 0 Å². The molecule has 0 unspecified atom stereocenters. The lowest BCUT2D eigenvalue weighted by atomic mass is 10.2. The van der Waals surface area contributed by atoms with Crippen molar-refractivity contribution in [2.75, 3.05) is 0 Å². The first-order valence-corrected chi connectivity index (χ1v) is 3.87. The molecule has 11 heavy (non-hydrogen) atoms. The van der Waals surface area contributed by atoms with Crippen LogP contribution in [0.15, 0.2) is 10.5 Å². The molecule has 0 amide bonds. The van der Waals surface area contributed by atoms with E-state index < -0.39 is 5.95 Å². The van der Waals surface area contributed by atoms with Crippen LogP contribution < -0.4 is 0 Å². The fourth-order valence-corrected chi connectivity index (χ4v) is 1.07. The molecule has 0 saturated carbocycles. The van der Waals surface area contributed by atoms with Gasteiger partial charge in [0, 0.05) is 10.0 Å². The number of hydrogen-bond acceptors (Lipinski definition) is 2. The van der Waals surface area contributed by atoms with Crippen molar-refractivity contribution in [2.45, 2.75) is 13.5 Å². The predicted molar refractivity (Wildman–Crippen MR) is 42.6 cm³/mol. The largest absolute Gasteiger partial charge is 0.392 e. The van der Waals surface area contributed by atoms with Gasteiger partial charge < -0.3 is 5.11 Å². The maximum Gasteiger partial charge on any atom is 0.218 e. The zero-order valence-corrected chi connectivity index (χ0v) is 7.52. The molecule has 2 nitrogen and oxygen atoms in total. The molecular weight excluding hydrogens is 213 g/mol. The summed E-state index contributed by atoms with van der Waals surface area (Å²) in [6, 6.07) is 1.53. The van der Waals surface area contributed by atoms with Crippen LogP contribution in [0.2, 0.25) is 0 Å². The van der Waals surface area contributed by atoms with Gasteiger partial charge in [0.05, 0.1) is 12.3 Å². The Labute approximate surface area is 72.2 Å². The van der Waals surface area contributed by atoms with Crippen LogP contribution in [0.3, 0.4) is 0 Å². The van der Waals surface area contributed by atoms with Crippen LogP contribution >= 0.6 is 15.9 Å². The molecule has 0 aliphatic heterocycles. The van der Waals surface area contributed by atoms with E-state index in [1.165, 1.54) is 6.07 Å². The Morgan fingerprint density at radius 2 is 2.36 bits per heavy atom. The summed E-state index contributed by atoms with van der Waals surface area (Å²) in [6.07, 6.45) is 0. The molecule has 0 fully saturated rings. The standard InChI is InChI=1S/C7H7BrFNO/c1-4-6(8)2-5(3-11)7(9)10-4/h2,11H,3H2,1H3. The monoisotopic (exact) mass is 219 g/mol. The summed E-state index contributed by atoms with van der Waals surface area (Å²) >= 11 is 3.18. The Kier molecular flexibility index (Phi) is 2.57. The van der Waals surface area contributed by atoms with E-state index in [4.69, 9.17) is 5.11 Å². The number of pyridine rings is 1. The highest BCUT2D eigenvalue weighted by molar-refractivity contribution is 9.10. The third-order valence-electron chi connectivity index (χ3n) is 1.35. The Hall–Kier alpha value is -0.480. The van der Waals surface area contributed by atoms with Crippen LogP contribution in [-0.2, 0) is 6.61 Å². The lowest BCUT2D eigenvalue weighted by Crippen LogP contribution is -1.96. The number of aliphatic hydroxyl groups excluding tert-OH is 1. The minimum absolute atomic E-state index is 0.211. The maximum absolute atomic E-state index is 12.7. The molecule has 0 aliphatic rings. The summed E-state index contributed by atoms with van der Waals surface area (Å²) in [7, 11) is 0. The van der Waals surface area contributed by atoms with Gasteiger partial charge in [0.1, 0.15) is 0 Å². The van der Waals surface area contributed by atoms with Gasteiger partial charge in [0.2, 0.25) is 5.95 Å². The van der Waals surface area contributed by atoms with Gasteiger partial charge in [-0.25, -0.2) is 4.98 Å². The van der Waals surface area contributed by atoms with E-state index >= 15 is 0 Å². The first-order valence-electron chi connectivity index (χ1n) is 3.07. The van der Waals surface area contributed by atoms with Crippen LogP contribution in [0.1, 0.15) is 11.3 Å². The molecule has 1 aromatic rings. The molecule has 1 N–H and O–H groups in total. The first-order chi connectivity index (χ1) is 5.15. The number of hydrogen-bond donors (Lipinski definition) is 1. The highest BCUT2D eigenvalue weighted by atomic mass is 79.9. The minimum atomic E-state index is -0.604. The fourth-order valence-electron chi connectivity index (χ4n) is 0.700. The lowest BCUT2D eigenvalue weighted by molar-refractivity contribution is 0.273. The average molecular weight is 220 g/mol. The molecule has 0 spiro atoms. The van der Waals surface area contributed by atoms with Gasteiger partial charge in [0.25, 0.3) is 0 Å². The molecule has 1 aromatic heterocycles. The normalized spacial score (nSPS) is 10.2. The third-order valence-corrected chi connectivity index (χ3v) is 2.15. The van der Waals surface area contributed by atoms with Crippen LogP contribution in [0.4, 0.5) is 4.39 Å². The molecule has 1 heterocycles. The quantitative estimate of drug-likeness (QED) is 0.731. The van der Waals surface area contributed by atoms with Gasteiger partial charge in [0.15, 0.2) is 0 Å². The number of aliphatic hydroxyl groups is 1. The molecule has 0 aromatic carbocycles. The zero-order valence-electron chi connectivity index (χ0n) is 5.93. The highest BCUT2D eigenvalue weighted by Crippen LogP contribution is 2.17. The molecule has 0 radical (unpaired) electrons. The highest BCUT2D eigenvalue weighted by Gasteiger charge is 2.05. The van der Waals surface area contributed by atoms with Crippen LogP contribution in [0.25, 0.3) is 0 Å². The Morgan fingerprint density at radius 1 is 1.73 bits per heavy atom. The van der Waals surface area contributed by atoms with Crippen LogP contribution in [0, 0.1) is 12.9 Å². The molecule has 0 saturated heterocycles. The number of aromatic nitrogens is 1. The van der Waals surface area contributed by atoms with Crippen molar-refractivity contribution in [3.63, 3.8) is 0 Å². The summed E-state index contributed by atoms with van der Waals surface area (Å²) in [5.41, 5.74) is 0.794. The van der Waals surface area contributed by atoms with E-state index in [9.17, 15) is 4.39 Å². The van der Waals surface area contributed by atoms with Crippen molar-refractivity contribution < 1.29 is 9.50 Å². The second kappa shape index (κ2) is 3.28. The SMILES string of the molecule is Cc1nc(F)c(CO)cc1Br. The van der Waals surface area contributed by atoms with Crippen molar-refractivity contribution in [1.29, 1.82) is 0 Å². The second-order valence-electron chi connectivity index (χ2n) is 2.16. The van der Waals surface area contributed by atoms with E-state index in [1.54, 1.807) is 6.92 Å². The van der Waals surface area contributed by atoms with E-state index in [2.05, 4.69) is 20.9 Å². The maximum atomic E-state index is 12.7. The van der Waals surface area contributed by atoms with E-state index in [1.807, 2.05) is 0 Å². The van der Waals surface area contributed by atoms with E-state index in [0.717, 1.165) is 0 Å². The van der Waals surface area contributed by atoms with Crippen molar-refractivity contribution in [3.05, 3.63) is 27.7 Å². The Morgan fingerprint density at radius 3 is 2.91 bits per heavy atom. The second-order valence-corrected chi connectivity index (χ2v) is 3.02. The molecule has 60 valence electrons. The molecule has 0 aliphatic carbocycles. The Bertz CT molecular complexity index is 277. The van der Waals surface area contributed by atoms with Gasteiger partial charge in [-0.3, -0.25) is 0 Å². The average Bonchev–Trinajstić information content (AvgIpc) is 1.97. The van der Waals surface area contributed by atoms with Gasteiger partial charge >= 0.3 is 0 Å². The molecule has 0 bridgehead atoms. The van der Waals surface area contributed by atoms with Gasteiger partial charge in [-0.1, -0.05) is 0 Å². The fraction of sp³-hybridized carbons (Fsp3) is 0.286. The summed E-state index contributed by atoms with van der Waals surface area (Å²) in [5.74, 6) is -0.604. The van der Waals surface area contributed by atoms with E-state index in [0.29, 0.717) is 10.2 Å². The summed E-state index contributed by atoms with van der Waals surface area (Å²) in [4.78, 5) is 3.57. The Balaban J connectivity index is 3.21. The molecular formula is C7H7BrFNO. The van der Waals surface area contributed by atoms with Crippen molar-refractivity contribution >= 4 is 15.9 Å². The predicted octanol–water partition coefficient (Wildman–Crippen LogP) is 1.78. The number of halogens is 2. The van der Waals surface area contributed by atoms with Crippen LogP contribution in [-0.4, -0.2) is 10.1 Å². The molecule has 0 atom stereocenters. The smallest absolute Gasteiger partial charge is 0.218 e. The summed E-state index contributed by atoms with van der Waals surface area (Å²) < 4.78 is 13.4. The molecule has 1 rings (SSSR count). The summed E-state index contributed by atoms with van der Waals surface area (Å²) in [5, 5.41) is 8.63. The van der Waals surface area contributed by atoms with Crippen molar-refractivity contribution in [3.8, 4) is 0 Å². The third kappa shape index (κ3) is 1.75. The minimum Gasteiger partial charge on any atom is -0.392 e. The summed E-state index contributed by atoms with van der Waals surface area (Å²) in [6.45, 7) is 1.37. The van der Waals surface area contributed by atoms with Crippen molar-refractivity contribution in [1.82, 2.24) is 4.98 Å². The number of aryl methyl sites for hydroxylation is 1. The van der Waals surface area contributed by atoms with E-state index in [-0.39, 0.29) is 12.2 Å². The first kappa shape index (κ1) is 8.62. The molecule has 4 heteroatoms. The van der Waals surface area contributed by atoms with Gasteiger partial charge in [-0.15, -0.1) is 0 Å². The van der Waals surface area contributed by atoms with Gasteiger partial charge in [-0.05, 0) is 28.9 Å². The zero-order chi connectivity index (χ0) is 8.43. The topological polar surface area (TPSA) is 33.1 Å². The lowest BCUT2D eigenvalue weighted by Gasteiger charge is -2.01. The van der Waals surface area contributed by atoms with Crippen LogP contribution in [0.5, 0.6) is 0 Å². The number of rotatable bonds is 1. The number of nitrogens with zero attached hydrogens (tertiary/aromatic N) is 1. The van der Waals surface area contributed by atoms with Gasteiger partial charge in [-0.2, -0.15) is 4.39 Å².